The summed E-state index contributed by atoms with van der Waals surface area (Å²) >= 11 is 0. The second-order valence-electron chi connectivity index (χ2n) is 3.26. The number of carbonyl (C=O) groups excluding carboxylic acids is 1. The summed E-state index contributed by atoms with van der Waals surface area (Å²) in [5, 5.41) is 0. The fourth-order valence-electron chi connectivity index (χ4n) is 0.716. The molecule has 3 heteroatoms. The predicted molar refractivity (Wildman–Crippen MR) is 44.1 cm³/mol. The molecule has 0 saturated heterocycles. The van der Waals surface area contributed by atoms with Gasteiger partial charge in [-0.1, -0.05) is 19.9 Å². The zero-order chi connectivity index (χ0) is 8.91. The molecule has 0 aliphatic rings. The molecule has 11 heavy (non-hydrogen) atoms. The van der Waals surface area contributed by atoms with E-state index in [4.69, 9.17) is 5.73 Å². The van der Waals surface area contributed by atoms with Crippen LogP contribution in [0.15, 0.2) is 12.7 Å². The maximum Gasteiger partial charge on any atom is 0.404 e. The van der Waals surface area contributed by atoms with E-state index in [9.17, 15) is 4.79 Å². The summed E-state index contributed by atoms with van der Waals surface area (Å²) < 4.78 is 4.65. The molecule has 2 N–H and O–H groups in total. The Hall–Kier alpha value is -0.990. The van der Waals surface area contributed by atoms with Crippen molar-refractivity contribution in [1.82, 2.24) is 0 Å². The average molecular weight is 157 g/mol. The van der Waals surface area contributed by atoms with E-state index >= 15 is 0 Å². The zero-order valence-electron chi connectivity index (χ0n) is 7.09. The number of nitrogens with two attached hydrogens (primary N) is 1. The number of primary amides is 1. The lowest BCUT2D eigenvalue weighted by molar-refractivity contribution is 0.108. The lowest BCUT2D eigenvalue weighted by Crippen LogP contribution is -2.24. The van der Waals surface area contributed by atoms with Gasteiger partial charge in [0.25, 0.3) is 0 Å². The maximum absolute atomic E-state index is 10.2. The van der Waals surface area contributed by atoms with Crippen LogP contribution in [0.2, 0.25) is 0 Å². The van der Waals surface area contributed by atoms with Crippen LogP contribution in [0.1, 0.15) is 20.3 Å². The standard InChI is InChI=1S/C8H15NO2/c1-4-5-8(2,3)6-11-7(9)10/h4H,1,5-6H2,2-3H3,(H2,9,10). The smallest absolute Gasteiger partial charge is 0.404 e. The van der Waals surface area contributed by atoms with E-state index in [0.717, 1.165) is 6.42 Å². The maximum atomic E-state index is 10.2. The molecule has 0 unspecified atom stereocenters. The molecule has 0 spiro atoms. The van der Waals surface area contributed by atoms with Gasteiger partial charge in [0, 0.05) is 5.41 Å². The number of hydrogen-bond donors (Lipinski definition) is 1. The summed E-state index contributed by atoms with van der Waals surface area (Å²) in [5.41, 5.74) is 4.75. The second-order valence-corrected chi connectivity index (χ2v) is 3.26. The minimum absolute atomic E-state index is 0.0587. The van der Waals surface area contributed by atoms with E-state index in [2.05, 4.69) is 11.3 Å². The van der Waals surface area contributed by atoms with Crippen molar-refractivity contribution in [2.24, 2.45) is 11.1 Å². The zero-order valence-corrected chi connectivity index (χ0v) is 7.09. The Morgan fingerprint density at radius 1 is 1.73 bits per heavy atom. The van der Waals surface area contributed by atoms with Gasteiger partial charge in [-0.15, -0.1) is 6.58 Å². The van der Waals surface area contributed by atoms with Crippen molar-refractivity contribution in [3.8, 4) is 0 Å². The first-order valence-electron chi connectivity index (χ1n) is 3.51. The Morgan fingerprint density at radius 2 is 2.27 bits per heavy atom. The third kappa shape index (κ3) is 5.45. The first kappa shape index (κ1) is 10.0. The van der Waals surface area contributed by atoms with Gasteiger partial charge in [0.2, 0.25) is 0 Å². The fourth-order valence-corrected chi connectivity index (χ4v) is 0.716. The largest absolute Gasteiger partial charge is 0.449 e. The molecule has 0 radical (unpaired) electrons. The second kappa shape index (κ2) is 4.01. The Morgan fingerprint density at radius 3 is 2.64 bits per heavy atom. The lowest BCUT2D eigenvalue weighted by atomic mass is 9.91. The van der Waals surface area contributed by atoms with E-state index in [-0.39, 0.29) is 5.41 Å². The Bertz CT molecular complexity index is 152. The molecule has 0 aliphatic heterocycles. The van der Waals surface area contributed by atoms with Crippen molar-refractivity contribution in [2.45, 2.75) is 20.3 Å². The minimum Gasteiger partial charge on any atom is -0.449 e. The van der Waals surface area contributed by atoms with Gasteiger partial charge in [0.1, 0.15) is 0 Å². The molecule has 0 aliphatic carbocycles. The number of hydrogen-bond acceptors (Lipinski definition) is 2. The quantitative estimate of drug-likeness (QED) is 0.631. The number of ether oxygens (including phenoxy) is 1. The van der Waals surface area contributed by atoms with Crippen molar-refractivity contribution >= 4 is 6.09 Å². The van der Waals surface area contributed by atoms with Gasteiger partial charge in [-0.05, 0) is 6.42 Å². The molecular weight excluding hydrogens is 142 g/mol. The van der Waals surface area contributed by atoms with Gasteiger partial charge >= 0.3 is 6.09 Å². The third-order valence-corrected chi connectivity index (χ3v) is 1.30. The summed E-state index contributed by atoms with van der Waals surface area (Å²) in [7, 11) is 0. The van der Waals surface area contributed by atoms with Crippen LogP contribution in [-0.2, 0) is 4.74 Å². The first-order chi connectivity index (χ1) is 4.98. The highest BCUT2D eigenvalue weighted by atomic mass is 16.5. The highest BCUT2D eigenvalue weighted by molar-refractivity contribution is 5.64. The summed E-state index contributed by atoms with van der Waals surface area (Å²) in [5.74, 6) is 0. The predicted octanol–water partition coefficient (Wildman–Crippen LogP) is 1.68. The molecule has 0 heterocycles. The monoisotopic (exact) mass is 157 g/mol. The van der Waals surface area contributed by atoms with Crippen molar-refractivity contribution in [3.05, 3.63) is 12.7 Å². The van der Waals surface area contributed by atoms with Gasteiger partial charge in [-0.2, -0.15) is 0 Å². The number of amides is 1. The highest BCUT2D eigenvalue weighted by Gasteiger charge is 2.17. The molecular formula is C8H15NO2. The van der Waals surface area contributed by atoms with Crippen molar-refractivity contribution < 1.29 is 9.53 Å². The Kier molecular flexibility index (Phi) is 3.65. The summed E-state index contributed by atoms with van der Waals surface area (Å²) in [6, 6.07) is 0. The van der Waals surface area contributed by atoms with Crippen molar-refractivity contribution in [2.75, 3.05) is 6.61 Å². The summed E-state index contributed by atoms with van der Waals surface area (Å²) in [6.07, 6.45) is 1.88. The van der Waals surface area contributed by atoms with Crippen LogP contribution < -0.4 is 5.73 Å². The number of rotatable bonds is 4. The molecule has 0 aromatic carbocycles. The van der Waals surface area contributed by atoms with Crippen LogP contribution >= 0.6 is 0 Å². The normalized spacial score (nSPS) is 10.7. The molecule has 64 valence electrons. The minimum atomic E-state index is -0.720. The van der Waals surface area contributed by atoms with Crippen LogP contribution in [0.25, 0.3) is 0 Å². The van der Waals surface area contributed by atoms with E-state index < -0.39 is 6.09 Å². The van der Waals surface area contributed by atoms with E-state index in [1.165, 1.54) is 0 Å². The van der Waals surface area contributed by atoms with Gasteiger partial charge in [0.05, 0.1) is 6.61 Å². The molecule has 0 rings (SSSR count). The van der Waals surface area contributed by atoms with Crippen LogP contribution in [0.4, 0.5) is 4.79 Å². The third-order valence-electron chi connectivity index (χ3n) is 1.30. The van der Waals surface area contributed by atoms with E-state index in [1.807, 2.05) is 13.8 Å². The average Bonchev–Trinajstić information content (AvgIpc) is 1.84. The van der Waals surface area contributed by atoms with E-state index in [0.29, 0.717) is 6.61 Å². The SMILES string of the molecule is C=CCC(C)(C)COC(N)=O. The summed E-state index contributed by atoms with van der Waals surface area (Å²) in [4.78, 5) is 10.2. The summed E-state index contributed by atoms with van der Waals surface area (Å²) in [6.45, 7) is 7.91. The van der Waals surface area contributed by atoms with Crippen LogP contribution in [0, 0.1) is 5.41 Å². The van der Waals surface area contributed by atoms with Gasteiger partial charge in [-0.3, -0.25) is 0 Å². The molecule has 0 aromatic rings. The number of allylic oxidation sites excluding steroid dienone is 1. The van der Waals surface area contributed by atoms with Crippen molar-refractivity contribution in [1.29, 1.82) is 0 Å². The molecule has 0 saturated carbocycles. The highest BCUT2D eigenvalue weighted by Crippen LogP contribution is 2.20. The molecule has 1 amide bonds. The van der Waals surface area contributed by atoms with Crippen molar-refractivity contribution in [3.63, 3.8) is 0 Å². The molecule has 0 atom stereocenters. The topological polar surface area (TPSA) is 52.3 Å². The van der Waals surface area contributed by atoms with Gasteiger partial charge in [0.15, 0.2) is 0 Å². The van der Waals surface area contributed by atoms with Crippen LogP contribution in [-0.4, -0.2) is 12.7 Å². The molecule has 3 nitrogen and oxygen atoms in total. The lowest BCUT2D eigenvalue weighted by Gasteiger charge is -2.21. The molecule has 0 bridgehead atoms. The van der Waals surface area contributed by atoms with Gasteiger partial charge in [-0.25, -0.2) is 4.79 Å². The molecule has 0 aromatic heterocycles. The van der Waals surface area contributed by atoms with Crippen LogP contribution in [0.3, 0.4) is 0 Å². The Balaban J connectivity index is 3.71. The Labute approximate surface area is 67.2 Å². The van der Waals surface area contributed by atoms with E-state index in [1.54, 1.807) is 6.08 Å². The fraction of sp³-hybridized carbons (Fsp3) is 0.625. The first-order valence-corrected chi connectivity index (χ1v) is 3.51. The molecule has 0 fully saturated rings. The van der Waals surface area contributed by atoms with Crippen LogP contribution in [0.5, 0.6) is 0 Å². The number of carbonyl (C=O) groups is 1. The van der Waals surface area contributed by atoms with Gasteiger partial charge < -0.3 is 10.5 Å².